The number of benzene rings is 1. The molecule has 0 saturated carbocycles. The van der Waals surface area contributed by atoms with Crippen LogP contribution in [0.15, 0.2) is 29.4 Å². The molecule has 1 aromatic carbocycles. The normalized spacial score (nSPS) is 11.2. The maximum Gasteiger partial charge on any atom is 0.303 e. The summed E-state index contributed by atoms with van der Waals surface area (Å²) in [7, 11) is 1.53. The van der Waals surface area contributed by atoms with Gasteiger partial charge in [0.15, 0.2) is 0 Å². The number of oxime groups is 1. The SMILES string of the molecule is COc1cccc(C(CCC(=O)O)=NO)c1. The predicted molar refractivity (Wildman–Crippen MR) is 58.2 cm³/mol. The largest absolute Gasteiger partial charge is 0.497 e. The zero-order chi connectivity index (χ0) is 12.0. The van der Waals surface area contributed by atoms with Crippen LogP contribution in [0.1, 0.15) is 18.4 Å². The second-order valence-corrected chi connectivity index (χ2v) is 3.17. The van der Waals surface area contributed by atoms with Crippen LogP contribution < -0.4 is 4.74 Å². The minimum atomic E-state index is -0.927. The number of carboxylic acid groups (broad SMARTS) is 1. The van der Waals surface area contributed by atoms with Gasteiger partial charge in [-0.05, 0) is 12.1 Å². The van der Waals surface area contributed by atoms with Crippen molar-refractivity contribution in [1.82, 2.24) is 0 Å². The highest BCUT2D eigenvalue weighted by Crippen LogP contribution is 2.15. The van der Waals surface area contributed by atoms with E-state index in [1.54, 1.807) is 24.3 Å². The molecule has 0 amide bonds. The van der Waals surface area contributed by atoms with Crippen molar-refractivity contribution >= 4 is 11.7 Å². The van der Waals surface area contributed by atoms with Crippen molar-refractivity contribution in [3.63, 3.8) is 0 Å². The topological polar surface area (TPSA) is 79.1 Å². The fraction of sp³-hybridized carbons (Fsp3) is 0.273. The molecule has 0 aromatic heterocycles. The Morgan fingerprint density at radius 1 is 1.44 bits per heavy atom. The third-order valence-corrected chi connectivity index (χ3v) is 2.10. The van der Waals surface area contributed by atoms with Crippen molar-refractivity contribution in [1.29, 1.82) is 0 Å². The second-order valence-electron chi connectivity index (χ2n) is 3.17. The van der Waals surface area contributed by atoms with E-state index in [2.05, 4.69) is 5.16 Å². The van der Waals surface area contributed by atoms with Crippen LogP contribution in [0.3, 0.4) is 0 Å². The maximum absolute atomic E-state index is 10.4. The summed E-state index contributed by atoms with van der Waals surface area (Å²) < 4.78 is 5.02. The molecule has 0 atom stereocenters. The van der Waals surface area contributed by atoms with E-state index in [9.17, 15) is 4.79 Å². The van der Waals surface area contributed by atoms with Crippen LogP contribution in [0, 0.1) is 0 Å². The lowest BCUT2D eigenvalue weighted by atomic mass is 10.1. The first kappa shape index (κ1) is 12.0. The summed E-state index contributed by atoms with van der Waals surface area (Å²) in [6.07, 6.45) is 0.107. The third-order valence-electron chi connectivity index (χ3n) is 2.10. The van der Waals surface area contributed by atoms with Gasteiger partial charge in [-0.15, -0.1) is 0 Å². The van der Waals surface area contributed by atoms with Gasteiger partial charge in [0.1, 0.15) is 5.75 Å². The van der Waals surface area contributed by atoms with Gasteiger partial charge in [0, 0.05) is 12.0 Å². The standard InChI is InChI=1S/C11H13NO4/c1-16-9-4-2-3-8(7-9)10(12-15)5-6-11(13)14/h2-4,7,15H,5-6H2,1H3,(H,13,14). The number of methoxy groups -OCH3 is 1. The molecule has 2 N–H and O–H groups in total. The lowest BCUT2D eigenvalue weighted by Crippen LogP contribution is -2.05. The zero-order valence-corrected chi connectivity index (χ0v) is 8.88. The van der Waals surface area contributed by atoms with E-state index < -0.39 is 5.97 Å². The van der Waals surface area contributed by atoms with E-state index in [1.165, 1.54) is 7.11 Å². The number of carbonyl (C=O) groups is 1. The number of aliphatic carboxylic acids is 1. The quantitative estimate of drug-likeness (QED) is 0.452. The van der Waals surface area contributed by atoms with Crippen LogP contribution in [0.25, 0.3) is 0 Å². The van der Waals surface area contributed by atoms with Crippen LogP contribution in [-0.2, 0) is 4.79 Å². The van der Waals surface area contributed by atoms with Gasteiger partial charge >= 0.3 is 5.97 Å². The maximum atomic E-state index is 10.4. The van der Waals surface area contributed by atoms with Gasteiger partial charge in [0.2, 0.25) is 0 Å². The average Bonchev–Trinajstić information content (AvgIpc) is 2.30. The molecule has 0 fully saturated rings. The molecule has 0 unspecified atom stereocenters. The molecule has 0 aliphatic rings. The summed E-state index contributed by atoms with van der Waals surface area (Å²) in [5.41, 5.74) is 0.990. The molecule has 0 saturated heterocycles. The molecule has 0 aliphatic heterocycles. The Balaban J connectivity index is 2.83. The number of hydrogen-bond acceptors (Lipinski definition) is 4. The lowest BCUT2D eigenvalue weighted by Gasteiger charge is -2.05. The molecular weight excluding hydrogens is 210 g/mol. The van der Waals surface area contributed by atoms with Gasteiger partial charge in [-0.3, -0.25) is 4.79 Å². The summed E-state index contributed by atoms with van der Waals surface area (Å²) in [6, 6.07) is 6.94. The predicted octanol–water partition coefficient (Wildman–Crippen LogP) is 1.74. The Labute approximate surface area is 93.0 Å². The van der Waals surface area contributed by atoms with Crippen molar-refractivity contribution in [3.05, 3.63) is 29.8 Å². The van der Waals surface area contributed by atoms with Crippen molar-refractivity contribution in [2.75, 3.05) is 7.11 Å². The highest BCUT2D eigenvalue weighted by molar-refractivity contribution is 6.01. The molecule has 0 heterocycles. The molecule has 0 radical (unpaired) electrons. The first-order valence-corrected chi connectivity index (χ1v) is 4.74. The number of rotatable bonds is 5. The van der Waals surface area contributed by atoms with Crippen LogP contribution in [0.4, 0.5) is 0 Å². The van der Waals surface area contributed by atoms with E-state index >= 15 is 0 Å². The summed E-state index contributed by atoms with van der Waals surface area (Å²) >= 11 is 0. The van der Waals surface area contributed by atoms with Crippen molar-refractivity contribution in [2.45, 2.75) is 12.8 Å². The third kappa shape index (κ3) is 3.27. The molecule has 5 nitrogen and oxygen atoms in total. The van der Waals surface area contributed by atoms with Gasteiger partial charge in [0.05, 0.1) is 19.2 Å². The van der Waals surface area contributed by atoms with Gasteiger partial charge in [0.25, 0.3) is 0 Å². The number of ether oxygens (including phenoxy) is 1. The van der Waals surface area contributed by atoms with Crippen LogP contribution >= 0.6 is 0 Å². The fourth-order valence-corrected chi connectivity index (χ4v) is 1.28. The molecule has 0 bridgehead atoms. The Morgan fingerprint density at radius 2 is 2.19 bits per heavy atom. The Morgan fingerprint density at radius 3 is 2.75 bits per heavy atom. The Hall–Kier alpha value is -2.04. The minimum Gasteiger partial charge on any atom is -0.497 e. The molecule has 16 heavy (non-hydrogen) atoms. The highest BCUT2D eigenvalue weighted by Gasteiger charge is 2.08. The number of nitrogens with zero attached hydrogens (tertiary/aromatic N) is 1. The lowest BCUT2D eigenvalue weighted by molar-refractivity contribution is -0.136. The van der Waals surface area contributed by atoms with Crippen molar-refractivity contribution in [3.8, 4) is 5.75 Å². The monoisotopic (exact) mass is 223 g/mol. The molecule has 1 aromatic rings. The van der Waals surface area contributed by atoms with Crippen molar-refractivity contribution in [2.24, 2.45) is 5.16 Å². The van der Waals surface area contributed by atoms with E-state index in [0.717, 1.165) is 0 Å². The van der Waals surface area contributed by atoms with E-state index in [0.29, 0.717) is 17.0 Å². The highest BCUT2D eigenvalue weighted by atomic mass is 16.5. The molecule has 1 rings (SSSR count). The van der Waals surface area contributed by atoms with Gasteiger partial charge in [-0.2, -0.15) is 0 Å². The van der Waals surface area contributed by atoms with E-state index in [1.807, 2.05) is 0 Å². The summed E-state index contributed by atoms with van der Waals surface area (Å²) in [5, 5.41) is 20.5. The van der Waals surface area contributed by atoms with Crippen LogP contribution in [-0.4, -0.2) is 29.1 Å². The van der Waals surface area contributed by atoms with Gasteiger partial charge in [-0.25, -0.2) is 0 Å². The molecule has 0 aliphatic carbocycles. The Bertz CT molecular complexity index is 401. The molecule has 0 spiro atoms. The van der Waals surface area contributed by atoms with Crippen LogP contribution in [0.5, 0.6) is 5.75 Å². The first-order chi connectivity index (χ1) is 7.67. The minimum absolute atomic E-state index is 0.0728. The van der Waals surface area contributed by atoms with Crippen LogP contribution in [0.2, 0.25) is 0 Å². The summed E-state index contributed by atoms with van der Waals surface area (Å²) in [5.74, 6) is -0.293. The van der Waals surface area contributed by atoms with Gasteiger partial charge in [-0.1, -0.05) is 17.3 Å². The zero-order valence-electron chi connectivity index (χ0n) is 8.88. The summed E-state index contributed by atoms with van der Waals surface area (Å²) in [4.78, 5) is 10.4. The summed E-state index contributed by atoms with van der Waals surface area (Å²) in [6.45, 7) is 0. The van der Waals surface area contributed by atoms with E-state index in [-0.39, 0.29) is 12.8 Å². The smallest absolute Gasteiger partial charge is 0.303 e. The van der Waals surface area contributed by atoms with Crippen molar-refractivity contribution < 1.29 is 19.8 Å². The van der Waals surface area contributed by atoms with E-state index in [4.69, 9.17) is 15.1 Å². The fourth-order valence-electron chi connectivity index (χ4n) is 1.28. The van der Waals surface area contributed by atoms with Gasteiger partial charge < -0.3 is 15.1 Å². The molecule has 5 heteroatoms. The molecule has 86 valence electrons. The second kappa shape index (κ2) is 5.75. The number of carboxylic acids is 1. The first-order valence-electron chi connectivity index (χ1n) is 4.74. The number of hydrogen-bond donors (Lipinski definition) is 2. The molecular formula is C11H13NO4. The Kier molecular flexibility index (Phi) is 4.32. The average molecular weight is 223 g/mol.